The number of aromatic amines is 1. The van der Waals surface area contributed by atoms with Crippen LogP contribution in [0, 0.1) is 4.77 Å². The number of benzene rings is 1. The van der Waals surface area contributed by atoms with Gasteiger partial charge < -0.3 is 9.72 Å². The summed E-state index contributed by atoms with van der Waals surface area (Å²) in [6.07, 6.45) is 2.91. The standard InChI is InChI=1S/C19H19N3OS2/c1-23-15-4-2-13(3-5-15)18-7-6-16(25-18)12-22-9-8-17-14(11-22)10-20-19(24)21-17/h2-7,10H,8-9,11-12H2,1H3,(H,20,21,24). The summed E-state index contributed by atoms with van der Waals surface area (Å²) < 4.78 is 5.81. The number of aromatic nitrogens is 2. The Kier molecular flexibility index (Phi) is 4.65. The zero-order valence-electron chi connectivity index (χ0n) is 14.0. The van der Waals surface area contributed by atoms with Gasteiger partial charge in [-0.15, -0.1) is 11.3 Å². The zero-order valence-corrected chi connectivity index (χ0v) is 15.6. The minimum absolute atomic E-state index is 0.578. The van der Waals surface area contributed by atoms with Gasteiger partial charge in [0.25, 0.3) is 0 Å². The maximum absolute atomic E-state index is 5.23. The largest absolute Gasteiger partial charge is 0.497 e. The van der Waals surface area contributed by atoms with Gasteiger partial charge in [0, 0.05) is 53.3 Å². The summed E-state index contributed by atoms with van der Waals surface area (Å²) in [6.45, 7) is 2.93. The molecule has 4 rings (SSSR count). The second-order valence-corrected chi connectivity index (χ2v) is 7.70. The number of fused-ring (bicyclic) bond motifs is 1. The van der Waals surface area contributed by atoms with Crippen molar-refractivity contribution in [2.45, 2.75) is 19.5 Å². The van der Waals surface area contributed by atoms with E-state index in [1.807, 2.05) is 29.7 Å². The van der Waals surface area contributed by atoms with E-state index >= 15 is 0 Å². The van der Waals surface area contributed by atoms with Crippen molar-refractivity contribution in [3.63, 3.8) is 0 Å². The number of rotatable bonds is 4. The predicted octanol–water partition coefficient (Wildman–Crippen LogP) is 4.43. The van der Waals surface area contributed by atoms with Crippen LogP contribution in [0.5, 0.6) is 5.75 Å². The van der Waals surface area contributed by atoms with Gasteiger partial charge in [-0.25, -0.2) is 4.98 Å². The third-order valence-corrected chi connectivity index (χ3v) is 5.80. The fraction of sp³-hybridized carbons (Fsp3) is 0.263. The van der Waals surface area contributed by atoms with E-state index in [1.165, 1.54) is 26.6 Å². The Morgan fingerprint density at radius 1 is 1.24 bits per heavy atom. The summed E-state index contributed by atoms with van der Waals surface area (Å²) in [5, 5.41) is 0. The number of hydrogen-bond acceptors (Lipinski definition) is 5. The maximum Gasteiger partial charge on any atom is 0.196 e. The Balaban J connectivity index is 1.46. The van der Waals surface area contributed by atoms with Crippen molar-refractivity contribution in [3.8, 4) is 16.2 Å². The summed E-state index contributed by atoms with van der Waals surface area (Å²) in [5.74, 6) is 0.889. The molecule has 0 aliphatic carbocycles. The van der Waals surface area contributed by atoms with Gasteiger partial charge in [-0.2, -0.15) is 0 Å². The smallest absolute Gasteiger partial charge is 0.196 e. The van der Waals surface area contributed by atoms with Crippen LogP contribution in [-0.2, 0) is 19.5 Å². The van der Waals surface area contributed by atoms with Crippen molar-refractivity contribution in [1.29, 1.82) is 0 Å². The van der Waals surface area contributed by atoms with E-state index in [4.69, 9.17) is 17.0 Å². The first-order valence-electron chi connectivity index (χ1n) is 8.24. The van der Waals surface area contributed by atoms with Gasteiger partial charge in [0.2, 0.25) is 0 Å². The van der Waals surface area contributed by atoms with E-state index < -0.39 is 0 Å². The normalized spacial score (nSPS) is 14.3. The number of ether oxygens (including phenoxy) is 1. The Morgan fingerprint density at radius 2 is 2.08 bits per heavy atom. The number of H-pyrrole nitrogens is 1. The first-order valence-corrected chi connectivity index (χ1v) is 9.46. The molecule has 1 aliphatic heterocycles. The van der Waals surface area contributed by atoms with Crippen LogP contribution in [0.15, 0.2) is 42.6 Å². The molecule has 2 aromatic heterocycles. The summed E-state index contributed by atoms with van der Waals surface area (Å²) >= 11 is 6.96. The molecule has 0 spiro atoms. The van der Waals surface area contributed by atoms with Crippen molar-refractivity contribution < 1.29 is 4.74 Å². The second-order valence-electron chi connectivity index (χ2n) is 6.15. The Morgan fingerprint density at radius 3 is 2.88 bits per heavy atom. The van der Waals surface area contributed by atoms with Crippen LogP contribution in [0.4, 0.5) is 0 Å². The number of thiophene rings is 1. The molecule has 25 heavy (non-hydrogen) atoms. The highest BCUT2D eigenvalue weighted by molar-refractivity contribution is 7.71. The number of nitrogens with zero attached hydrogens (tertiary/aromatic N) is 2. The Labute approximate surface area is 156 Å². The SMILES string of the molecule is COc1ccc(-c2ccc(CN3CCc4[nH]c(=S)ncc4C3)s2)cc1. The summed E-state index contributed by atoms with van der Waals surface area (Å²) in [7, 11) is 1.69. The lowest BCUT2D eigenvalue weighted by atomic mass is 10.1. The molecule has 128 valence electrons. The molecular formula is C19H19N3OS2. The first kappa shape index (κ1) is 16.4. The van der Waals surface area contributed by atoms with E-state index in [-0.39, 0.29) is 0 Å². The van der Waals surface area contributed by atoms with Gasteiger partial charge in [0.05, 0.1) is 7.11 Å². The summed E-state index contributed by atoms with van der Waals surface area (Å²) in [6, 6.07) is 12.7. The van der Waals surface area contributed by atoms with Gasteiger partial charge in [-0.1, -0.05) is 0 Å². The van der Waals surface area contributed by atoms with Crippen LogP contribution in [0.1, 0.15) is 16.1 Å². The third kappa shape index (κ3) is 3.66. The molecular weight excluding hydrogens is 350 g/mol. The van der Waals surface area contributed by atoms with Crippen LogP contribution in [0.3, 0.4) is 0 Å². The molecule has 0 saturated heterocycles. The molecule has 0 bridgehead atoms. The fourth-order valence-corrected chi connectivity index (χ4v) is 4.37. The second kappa shape index (κ2) is 7.07. The van der Waals surface area contributed by atoms with Crippen molar-refractivity contribution >= 4 is 23.6 Å². The summed E-state index contributed by atoms with van der Waals surface area (Å²) in [5.41, 5.74) is 3.73. The molecule has 0 fully saturated rings. The molecule has 3 aromatic rings. The van der Waals surface area contributed by atoms with Gasteiger partial charge in [0.1, 0.15) is 5.75 Å². The average molecular weight is 370 g/mol. The molecule has 1 aromatic carbocycles. The highest BCUT2D eigenvalue weighted by atomic mass is 32.1. The lowest BCUT2D eigenvalue weighted by Gasteiger charge is -2.27. The molecule has 3 heterocycles. The third-order valence-electron chi connectivity index (χ3n) is 4.47. The van der Waals surface area contributed by atoms with E-state index in [0.717, 1.165) is 31.8 Å². The van der Waals surface area contributed by atoms with Gasteiger partial charge >= 0.3 is 0 Å². The lowest BCUT2D eigenvalue weighted by molar-refractivity contribution is 0.245. The predicted molar refractivity (Wildman–Crippen MR) is 104 cm³/mol. The number of methoxy groups -OCH3 is 1. The van der Waals surface area contributed by atoms with E-state index in [0.29, 0.717) is 4.77 Å². The molecule has 1 aliphatic rings. The van der Waals surface area contributed by atoms with Crippen LogP contribution >= 0.6 is 23.6 Å². The highest BCUT2D eigenvalue weighted by Crippen LogP contribution is 2.30. The molecule has 0 atom stereocenters. The molecule has 1 N–H and O–H groups in total. The van der Waals surface area contributed by atoms with Crippen molar-refractivity contribution in [2.75, 3.05) is 13.7 Å². The average Bonchev–Trinajstić information content (AvgIpc) is 3.10. The minimum atomic E-state index is 0.578. The van der Waals surface area contributed by atoms with Crippen LogP contribution in [-0.4, -0.2) is 28.5 Å². The topological polar surface area (TPSA) is 41.1 Å². The van der Waals surface area contributed by atoms with E-state index in [2.05, 4.69) is 39.1 Å². The van der Waals surface area contributed by atoms with Crippen LogP contribution in [0.25, 0.3) is 10.4 Å². The number of nitrogens with one attached hydrogen (secondary N) is 1. The fourth-order valence-electron chi connectivity index (χ4n) is 3.13. The Bertz CT molecular complexity index is 930. The Hall–Kier alpha value is -2.02. The van der Waals surface area contributed by atoms with Gasteiger partial charge in [0.15, 0.2) is 4.77 Å². The number of hydrogen-bond donors (Lipinski definition) is 1. The van der Waals surface area contributed by atoms with Crippen molar-refractivity contribution in [3.05, 3.63) is 63.5 Å². The van der Waals surface area contributed by atoms with Crippen molar-refractivity contribution in [1.82, 2.24) is 14.9 Å². The van der Waals surface area contributed by atoms with Crippen LogP contribution in [0.2, 0.25) is 0 Å². The molecule has 0 radical (unpaired) electrons. The lowest BCUT2D eigenvalue weighted by Crippen LogP contribution is -2.30. The quantitative estimate of drug-likeness (QED) is 0.691. The van der Waals surface area contributed by atoms with Gasteiger partial charge in [-0.05, 0) is 54.2 Å². The molecule has 4 nitrogen and oxygen atoms in total. The van der Waals surface area contributed by atoms with Gasteiger partial charge in [-0.3, -0.25) is 4.90 Å². The van der Waals surface area contributed by atoms with E-state index in [1.54, 1.807) is 7.11 Å². The molecule has 0 unspecified atom stereocenters. The molecule has 0 amide bonds. The minimum Gasteiger partial charge on any atom is -0.497 e. The zero-order chi connectivity index (χ0) is 17.2. The van der Waals surface area contributed by atoms with E-state index in [9.17, 15) is 0 Å². The highest BCUT2D eigenvalue weighted by Gasteiger charge is 2.17. The van der Waals surface area contributed by atoms with Crippen LogP contribution < -0.4 is 4.74 Å². The molecule has 0 saturated carbocycles. The van der Waals surface area contributed by atoms with Crippen molar-refractivity contribution in [2.24, 2.45) is 0 Å². The molecule has 6 heteroatoms. The monoisotopic (exact) mass is 369 g/mol. The first-order chi connectivity index (χ1) is 12.2. The maximum atomic E-state index is 5.23. The summed E-state index contributed by atoms with van der Waals surface area (Å²) in [4.78, 5) is 12.6.